The van der Waals surface area contributed by atoms with E-state index in [1.54, 1.807) is 12.1 Å². The molecule has 2 atom stereocenters. The highest BCUT2D eigenvalue weighted by atomic mass is 32.1. The molecule has 1 saturated heterocycles. The predicted molar refractivity (Wildman–Crippen MR) is 128 cm³/mol. The molecular weight excluding hydrogens is 478 g/mol. The van der Waals surface area contributed by atoms with Crippen LogP contribution in [0.3, 0.4) is 0 Å². The largest absolute Gasteiger partial charge is 0.393 e. The second kappa shape index (κ2) is 10.1. The van der Waals surface area contributed by atoms with Crippen LogP contribution in [0.5, 0.6) is 0 Å². The quantitative estimate of drug-likeness (QED) is 0.393. The van der Waals surface area contributed by atoms with Gasteiger partial charge in [0, 0.05) is 18.0 Å². The Morgan fingerprint density at radius 1 is 1.29 bits per heavy atom. The van der Waals surface area contributed by atoms with Gasteiger partial charge >= 0.3 is 0 Å². The van der Waals surface area contributed by atoms with Gasteiger partial charge in [0.15, 0.2) is 0 Å². The molecule has 2 aromatic heterocycles. The number of anilines is 2. The molecule has 0 bridgehead atoms. The number of nitrogens with two attached hydrogens (primary N) is 1. The molecule has 1 fully saturated rings. The fraction of sp³-hybridized carbons (Fsp3) is 0.292. The van der Waals surface area contributed by atoms with Crippen LogP contribution in [0, 0.1) is 11.6 Å². The van der Waals surface area contributed by atoms with Crippen molar-refractivity contribution in [2.45, 2.75) is 32.0 Å². The number of β-amino-alcohol motifs (C(OH)–C–C–N with tert-alkyl or cyclic N) is 1. The Balaban J connectivity index is 1.64. The van der Waals surface area contributed by atoms with Crippen LogP contribution >= 0.6 is 11.3 Å². The maximum atomic E-state index is 14.8. The minimum absolute atomic E-state index is 0.0121. The minimum Gasteiger partial charge on any atom is -0.393 e. The molecule has 1 aromatic carbocycles. The fourth-order valence-corrected chi connectivity index (χ4v) is 5.06. The lowest BCUT2D eigenvalue weighted by Crippen LogP contribution is -2.30. The number of halogens is 2. The van der Waals surface area contributed by atoms with E-state index in [-0.39, 0.29) is 51.4 Å². The third-order valence-electron chi connectivity index (χ3n) is 5.54. The fourth-order valence-electron chi connectivity index (χ4n) is 3.94. The summed E-state index contributed by atoms with van der Waals surface area (Å²) < 4.78 is 29.6. The van der Waals surface area contributed by atoms with E-state index < -0.39 is 29.7 Å². The first kappa shape index (κ1) is 24.7. The van der Waals surface area contributed by atoms with Gasteiger partial charge in [-0.1, -0.05) is 6.07 Å². The molecule has 35 heavy (non-hydrogen) atoms. The summed E-state index contributed by atoms with van der Waals surface area (Å²) in [6.45, 7) is 2.17. The number of hydrogen-bond acceptors (Lipinski definition) is 7. The molecule has 3 aromatic rings. The lowest BCUT2D eigenvalue weighted by Gasteiger charge is -2.15. The number of nitrogens with zero attached hydrogens (tertiary/aromatic N) is 2. The van der Waals surface area contributed by atoms with Crippen LogP contribution in [-0.4, -0.2) is 57.2 Å². The van der Waals surface area contributed by atoms with E-state index in [4.69, 9.17) is 5.73 Å². The summed E-state index contributed by atoms with van der Waals surface area (Å²) in [6.07, 6.45) is -0.736. The van der Waals surface area contributed by atoms with Gasteiger partial charge in [0.2, 0.25) is 0 Å². The third kappa shape index (κ3) is 5.47. The summed E-state index contributed by atoms with van der Waals surface area (Å²) in [7, 11) is 0. The number of carbonyl (C=O) groups is 2. The first-order valence-electron chi connectivity index (χ1n) is 10.9. The molecule has 4 rings (SSSR count). The van der Waals surface area contributed by atoms with Gasteiger partial charge in [-0.15, -0.1) is 11.3 Å². The smallest absolute Gasteiger partial charge is 0.272 e. The van der Waals surface area contributed by atoms with Crippen molar-refractivity contribution in [3.63, 3.8) is 0 Å². The van der Waals surface area contributed by atoms with Crippen molar-refractivity contribution < 1.29 is 28.6 Å². The number of aromatic nitrogens is 1. The average molecular weight is 503 g/mol. The van der Waals surface area contributed by atoms with Crippen LogP contribution in [0.2, 0.25) is 0 Å². The molecule has 0 radical (unpaired) electrons. The van der Waals surface area contributed by atoms with Crippen LogP contribution in [0.25, 0.3) is 10.4 Å². The molecule has 5 N–H and O–H groups in total. The van der Waals surface area contributed by atoms with Gasteiger partial charge in [0.1, 0.15) is 28.1 Å². The number of aliphatic hydroxyl groups excluding tert-OH is 2. The number of nitrogens with one attached hydrogen (secondary N) is 1. The number of hydrogen-bond donors (Lipinski definition) is 4. The standard InChI is InChI=1S/C24H24F2N4O4S/c1-12(31)7-13-8-16(25)21(17(26)9-13)19-10-15(22(27)33)23(35-19)29-20-4-2-3-18(28-20)24(34)30-6-5-14(32)11-30/h2-4,8-10,12,14,31-32H,5-7,11H2,1H3,(H2,27,33)(H,28,29). The highest BCUT2D eigenvalue weighted by molar-refractivity contribution is 7.20. The van der Waals surface area contributed by atoms with Gasteiger partial charge in [0.25, 0.3) is 11.8 Å². The Labute approximate surface area is 204 Å². The molecule has 1 aliphatic rings. The molecule has 11 heteroatoms. The number of thiophene rings is 1. The number of amides is 2. The number of carbonyl (C=O) groups excluding carboxylic acids is 2. The van der Waals surface area contributed by atoms with Crippen LogP contribution in [0.1, 0.15) is 39.8 Å². The maximum Gasteiger partial charge on any atom is 0.272 e. The number of primary amides is 1. The zero-order valence-corrected chi connectivity index (χ0v) is 19.6. The first-order chi connectivity index (χ1) is 16.6. The molecule has 3 heterocycles. The summed E-state index contributed by atoms with van der Waals surface area (Å²) in [5, 5.41) is 22.3. The van der Waals surface area contributed by atoms with Crippen molar-refractivity contribution in [3.8, 4) is 10.4 Å². The molecule has 1 aliphatic heterocycles. The monoisotopic (exact) mass is 502 g/mol. The topological polar surface area (TPSA) is 129 Å². The third-order valence-corrected chi connectivity index (χ3v) is 6.61. The molecule has 0 spiro atoms. The number of rotatable bonds is 7. The summed E-state index contributed by atoms with van der Waals surface area (Å²) >= 11 is 0.914. The van der Waals surface area contributed by atoms with E-state index >= 15 is 0 Å². The van der Waals surface area contributed by atoms with Gasteiger partial charge in [0.05, 0.1) is 23.3 Å². The zero-order chi connectivity index (χ0) is 25.3. The van der Waals surface area contributed by atoms with Crippen LogP contribution in [0.15, 0.2) is 36.4 Å². The Morgan fingerprint density at radius 3 is 2.60 bits per heavy atom. The number of aliphatic hydroxyl groups is 2. The molecule has 2 unspecified atom stereocenters. The summed E-state index contributed by atoms with van der Waals surface area (Å²) in [4.78, 5) is 30.7. The highest BCUT2D eigenvalue weighted by Gasteiger charge is 2.26. The van der Waals surface area contributed by atoms with E-state index in [1.807, 2.05) is 0 Å². The Hall–Kier alpha value is -3.41. The van der Waals surface area contributed by atoms with E-state index in [2.05, 4.69) is 10.3 Å². The Morgan fingerprint density at radius 2 is 2.00 bits per heavy atom. The van der Waals surface area contributed by atoms with Crippen molar-refractivity contribution in [1.29, 1.82) is 0 Å². The zero-order valence-electron chi connectivity index (χ0n) is 18.8. The van der Waals surface area contributed by atoms with Crippen molar-refractivity contribution >= 4 is 34.0 Å². The maximum absolute atomic E-state index is 14.8. The molecule has 0 saturated carbocycles. The van der Waals surface area contributed by atoms with Crippen molar-refractivity contribution in [2.24, 2.45) is 5.73 Å². The molecular formula is C24H24F2N4O4S. The van der Waals surface area contributed by atoms with E-state index in [1.165, 1.54) is 24.0 Å². The van der Waals surface area contributed by atoms with Crippen molar-refractivity contribution in [3.05, 3.63) is 64.9 Å². The SMILES string of the molecule is CC(O)Cc1cc(F)c(-c2cc(C(N)=O)c(Nc3cccc(C(=O)N4CCC(O)C4)n3)s2)c(F)c1. The lowest BCUT2D eigenvalue weighted by molar-refractivity contribution is 0.0759. The van der Waals surface area contributed by atoms with Gasteiger partial charge in [-0.05, 0) is 55.7 Å². The van der Waals surface area contributed by atoms with Crippen LogP contribution < -0.4 is 11.1 Å². The van der Waals surface area contributed by atoms with E-state index in [0.29, 0.717) is 18.5 Å². The van der Waals surface area contributed by atoms with E-state index in [0.717, 1.165) is 23.5 Å². The lowest BCUT2D eigenvalue weighted by atomic mass is 10.0. The Bertz CT molecular complexity index is 1260. The van der Waals surface area contributed by atoms with Gasteiger partial charge in [-0.3, -0.25) is 9.59 Å². The summed E-state index contributed by atoms with van der Waals surface area (Å²) in [5.74, 6) is -2.57. The minimum atomic E-state index is -0.831. The van der Waals surface area contributed by atoms with Gasteiger partial charge < -0.3 is 26.2 Å². The Kier molecular flexibility index (Phi) is 7.10. The average Bonchev–Trinajstić information content (AvgIpc) is 3.39. The number of pyridine rings is 1. The van der Waals surface area contributed by atoms with Crippen molar-refractivity contribution in [1.82, 2.24) is 9.88 Å². The van der Waals surface area contributed by atoms with E-state index in [9.17, 15) is 28.6 Å². The highest BCUT2D eigenvalue weighted by Crippen LogP contribution is 2.39. The second-order valence-corrected chi connectivity index (χ2v) is 9.48. The summed E-state index contributed by atoms with van der Waals surface area (Å²) in [6, 6.07) is 8.31. The van der Waals surface area contributed by atoms with Crippen LogP contribution in [0.4, 0.5) is 19.6 Å². The normalized spacial score (nSPS) is 16.4. The van der Waals surface area contributed by atoms with Crippen LogP contribution in [-0.2, 0) is 6.42 Å². The number of benzene rings is 1. The molecule has 0 aliphatic carbocycles. The van der Waals surface area contributed by atoms with Gasteiger partial charge in [-0.25, -0.2) is 13.8 Å². The molecule has 184 valence electrons. The molecule has 2 amide bonds. The van der Waals surface area contributed by atoms with Crippen molar-refractivity contribution in [2.75, 3.05) is 18.4 Å². The predicted octanol–water partition coefficient (Wildman–Crippen LogP) is 3.06. The van der Waals surface area contributed by atoms with Gasteiger partial charge in [-0.2, -0.15) is 0 Å². The number of likely N-dealkylation sites (tertiary alicyclic amines) is 1. The first-order valence-corrected chi connectivity index (χ1v) is 11.8. The summed E-state index contributed by atoms with van der Waals surface area (Å²) in [5.41, 5.74) is 5.64. The molecule has 8 nitrogen and oxygen atoms in total. The second-order valence-electron chi connectivity index (χ2n) is 8.43.